The fourth-order valence-electron chi connectivity index (χ4n) is 1.30. The summed E-state index contributed by atoms with van der Waals surface area (Å²) in [6.07, 6.45) is -0.227. The van der Waals surface area contributed by atoms with E-state index in [1.165, 1.54) is 11.8 Å². The first-order valence-electron chi connectivity index (χ1n) is 5.49. The number of amides is 1. The Morgan fingerprint density at radius 3 is 3.12 bits per heavy atom. The first-order valence-corrected chi connectivity index (χ1v) is 6.47. The van der Waals surface area contributed by atoms with Gasteiger partial charge in [0.25, 0.3) is 0 Å². The van der Waals surface area contributed by atoms with Crippen LogP contribution in [0.5, 0.6) is 0 Å². The van der Waals surface area contributed by atoms with Crippen LogP contribution in [0.4, 0.5) is 0 Å². The molecule has 0 bridgehead atoms. The van der Waals surface area contributed by atoms with E-state index in [0.717, 1.165) is 0 Å². The number of aliphatic imine (C=N–C) groups is 1. The van der Waals surface area contributed by atoms with Gasteiger partial charge in [-0.1, -0.05) is 11.8 Å². The van der Waals surface area contributed by atoms with E-state index in [9.17, 15) is 9.90 Å². The van der Waals surface area contributed by atoms with Crippen LogP contribution in [0.25, 0.3) is 0 Å². The highest BCUT2D eigenvalue weighted by atomic mass is 32.2. The normalized spacial score (nSPS) is 21.9. The van der Waals surface area contributed by atoms with Gasteiger partial charge >= 0.3 is 0 Å². The van der Waals surface area contributed by atoms with Gasteiger partial charge in [0, 0.05) is 12.2 Å². The van der Waals surface area contributed by atoms with E-state index in [1.807, 2.05) is 6.92 Å². The SMILES string of the molecule is C[C@H]1CC(=O)NC(SC[C@@H](O)COCCO)=N1. The van der Waals surface area contributed by atoms with Crippen molar-refractivity contribution in [2.24, 2.45) is 4.99 Å². The van der Waals surface area contributed by atoms with Crippen molar-refractivity contribution in [1.29, 1.82) is 0 Å². The largest absolute Gasteiger partial charge is 0.394 e. The Kier molecular flexibility index (Phi) is 6.49. The van der Waals surface area contributed by atoms with Gasteiger partial charge in [-0.2, -0.15) is 0 Å². The lowest BCUT2D eigenvalue weighted by atomic mass is 10.2. The highest BCUT2D eigenvalue weighted by Gasteiger charge is 2.18. The molecule has 1 aliphatic rings. The quantitative estimate of drug-likeness (QED) is 0.554. The molecule has 1 heterocycles. The van der Waals surface area contributed by atoms with Crippen LogP contribution in [0.15, 0.2) is 4.99 Å². The average Bonchev–Trinajstić information content (AvgIpc) is 2.25. The van der Waals surface area contributed by atoms with Gasteiger partial charge in [-0.25, -0.2) is 0 Å². The summed E-state index contributed by atoms with van der Waals surface area (Å²) in [5, 5.41) is 21.2. The van der Waals surface area contributed by atoms with Crippen molar-refractivity contribution in [3.05, 3.63) is 0 Å². The molecule has 98 valence electrons. The van der Waals surface area contributed by atoms with Crippen molar-refractivity contribution in [3.8, 4) is 0 Å². The van der Waals surface area contributed by atoms with Crippen molar-refractivity contribution >= 4 is 22.8 Å². The number of nitrogens with zero attached hydrogens (tertiary/aromatic N) is 1. The highest BCUT2D eigenvalue weighted by Crippen LogP contribution is 2.12. The smallest absolute Gasteiger partial charge is 0.228 e. The molecule has 0 fully saturated rings. The van der Waals surface area contributed by atoms with Crippen molar-refractivity contribution in [2.75, 3.05) is 25.6 Å². The fourth-order valence-corrected chi connectivity index (χ4v) is 2.18. The van der Waals surface area contributed by atoms with Crippen LogP contribution in [0.2, 0.25) is 0 Å². The molecule has 0 spiro atoms. The zero-order valence-electron chi connectivity index (χ0n) is 9.76. The molecule has 0 saturated carbocycles. The summed E-state index contributed by atoms with van der Waals surface area (Å²) in [7, 11) is 0. The number of hydrogen-bond donors (Lipinski definition) is 3. The molecular weight excluding hydrogens is 244 g/mol. The number of aliphatic hydroxyl groups is 2. The molecule has 6 nitrogen and oxygen atoms in total. The van der Waals surface area contributed by atoms with Crippen molar-refractivity contribution in [2.45, 2.75) is 25.5 Å². The Labute approximate surface area is 104 Å². The van der Waals surface area contributed by atoms with E-state index >= 15 is 0 Å². The van der Waals surface area contributed by atoms with E-state index in [-0.39, 0.29) is 31.8 Å². The van der Waals surface area contributed by atoms with Crippen LogP contribution < -0.4 is 5.32 Å². The van der Waals surface area contributed by atoms with Gasteiger partial charge in [-0.05, 0) is 6.92 Å². The van der Waals surface area contributed by atoms with Gasteiger partial charge in [-0.3, -0.25) is 9.79 Å². The molecule has 0 aromatic heterocycles. The molecular formula is C10H18N2O4S. The van der Waals surface area contributed by atoms with E-state index in [2.05, 4.69) is 10.3 Å². The molecule has 0 radical (unpaired) electrons. The molecule has 0 unspecified atom stereocenters. The van der Waals surface area contributed by atoms with Gasteiger partial charge in [0.15, 0.2) is 5.17 Å². The third-order valence-corrected chi connectivity index (χ3v) is 3.06. The Morgan fingerprint density at radius 1 is 1.71 bits per heavy atom. The maximum atomic E-state index is 11.2. The Morgan fingerprint density at radius 2 is 2.47 bits per heavy atom. The molecule has 0 aliphatic carbocycles. The second-order valence-corrected chi connectivity index (χ2v) is 4.81. The first kappa shape index (κ1) is 14.4. The molecule has 1 aliphatic heterocycles. The molecule has 0 aromatic carbocycles. The number of amidine groups is 1. The van der Waals surface area contributed by atoms with Crippen LogP contribution in [-0.2, 0) is 9.53 Å². The third-order valence-electron chi connectivity index (χ3n) is 2.02. The van der Waals surface area contributed by atoms with Crippen LogP contribution in [0.1, 0.15) is 13.3 Å². The molecule has 0 aromatic rings. The minimum Gasteiger partial charge on any atom is -0.394 e. The fraction of sp³-hybridized carbons (Fsp3) is 0.800. The van der Waals surface area contributed by atoms with Crippen molar-refractivity contribution < 1.29 is 19.7 Å². The number of carbonyl (C=O) groups is 1. The molecule has 17 heavy (non-hydrogen) atoms. The van der Waals surface area contributed by atoms with Gasteiger partial charge in [0.05, 0.1) is 32.0 Å². The predicted octanol–water partition coefficient (Wildman–Crippen LogP) is -0.646. The minimum absolute atomic E-state index is 0.00553. The number of hydrogen-bond acceptors (Lipinski definition) is 6. The number of rotatable bonds is 6. The maximum Gasteiger partial charge on any atom is 0.228 e. The lowest BCUT2D eigenvalue weighted by molar-refractivity contribution is -0.120. The van der Waals surface area contributed by atoms with Gasteiger partial charge in [0.1, 0.15) is 0 Å². The first-order chi connectivity index (χ1) is 8.11. The monoisotopic (exact) mass is 262 g/mol. The molecule has 1 amide bonds. The summed E-state index contributed by atoms with van der Waals surface area (Å²) in [6, 6.07) is -0.00553. The molecule has 3 N–H and O–H groups in total. The van der Waals surface area contributed by atoms with E-state index < -0.39 is 6.10 Å². The summed E-state index contributed by atoms with van der Waals surface area (Å²) >= 11 is 1.30. The Balaban J connectivity index is 2.23. The minimum atomic E-state index is -0.636. The Hall–Kier alpha value is -0.630. The van der Waals surface area contributed by atoms with Gasteiger partial charge in [0.2, 0.25) is 5.91 Å². The summed E-state index contributed by atoms with van der Waals surface area (Å²) in [5.41, 5.74) is 0. The lowest BCUT2D eigenvalue weighted by Gasteiger charge is -2.18. The highest BCUT2D eigenvalue weighted by molar-refractivity contribution is 8.13. The second-order valence-electron chi connectivity index (χ2n) is 3.80. The van der Waals surface area contributed by atoms with Crippen LogP contribution in [0.3, 0.4) is 0 Å². The predicted molar refractivity (Wildman–Crippen MR) is 66.0 cm³/mol. The zero-order valence-corrected chi connectivity index (χ0v) is 10.6. The molecule has 2 atom stereocenters. The van der Waals surface area contributed by atoms with Gasteiger partial charge < -0.3 is 20.3 Å². The van der Waals surface area contributed by atoms with E-state index in [1.54, 1.807) is 0 Å². The number of thioether (sulfide) groups is 1. The van der Waals surface area contributed by atoms with Crippen molar-refractivity contribution in [3.63, 3.8) is 0 Å². The standard InChI is InChI=1S/C10H18N2O4S/c1-7-4-9(15)12-10(11-7)17-6-8(14)5-16-3-2-13/h7-8,13-14H,2-6H2,1H3,(H,11,12,15)/t7-,8-/m0/s1. The second kappa shape index (κ2) is 7.65. The molecule has 0 saturated heterocycles. The average molecular weight is 262 g/mol. The summed E-state index contributed by atoms with van der Waals surface area (Å²) in [5.74, 6) is 0.359. The van der Waals surface area contributed by atoms with Crippen LogP contribution >= 0.6 is 11.8 Å². The molecule has 1 rings (SSSR count). The maximum absolute atomic E-state index is 11.2. The van der Waals surface area contributed by atoms with Gasteiger partial charge in [-0.15, -0.1) is 0 Å². The summed E-state index contributed by atoms with van der Waals surface area (Å²) < 4.78 is 4.99. The van der Waals surface area contributed by atoms with Crippen LogP contribution in [-0.4, -0.2) is 59.0 Å². The molecule has 7 heteroatoms. The van der Waals surface area contributed by atoms with Crippen LogP contribution in [0, 0.1) is 0 Å². The van der Waals surface area contributed by atoms with Crippen molar-refractivity contribution in [1.82, 2.24) is 5.32 Å². The Bertz CT molecular complexity index is 285. The number of ether oxygens (including phenoxy) is 1. The zero-order chi connectivity index (χ0) is 12.7. The summed E-state index contributed by atoms with van der Waals surface area (Å²) in [6.45, 7) is 2.21. The number of nitrogens with one attached hydrogen (secondary N) is 1. The van der Waals surface area contributed by atoms with E-state index in [4.69, 9.17) is 9.84 Å². The third kappa shape index (κ3) is 6.02. The number of aliphatic hydroxyl groups excluding tert-OH is 2. The number of carbonyl (C=O) groups excluding carboxylic acids is 1. The lowest BCUT2D eigenvalue weighted by Crippen LogP contribution is -2.36. The van der Waals surface area contributed by atoms with E-state index in [0.29, 0.717) is 17.3 Å². The topological polar surface area (TPSA) is 91.2 Å². The summed E-state index contributed by atoms with van der Waals surface area (Å²) in [4.78, 5) is 15.5.